The fourth-order valence-corrected chi connectivity index (χ4v) is 1.87. The smallest absolute Gasteiger partial charge is 0.407 e. The Bertz CT molecular complexity index is 293. The van der Waals surface area contributed by atoms with Crippen LogP contribution in [-0.2, 0) is 9.47 Å². The van der Waals surface area contributed by atoms with Gasteiger partial charge >= 0.3 is 6.09 Å². The highest BCUT2D eigenvalue weighted by Gasteiger charge is 2.38. The first-order valence-electron chi connectivity index (χ1n) is 5.27. The number of ether oxygens (including phenoxy) is 2. The second-order valence-corrected chi connectivity index (χ2v) is 5.01. The summed E-state index contributed by atoms with van der Waals surface area (Å²) in [6, 6.07) is 0.0647. The Kier molecular flexibility index (Phi) is 2.46. The topological polar surface area (TPSA) is 47.6 Å². The van der Waals surface area contributed by atoms with Gasteiger partial charge in [-0.15, -0.1) is 0 Å². The van der Waals surface area contributed by atoms with Gasteiger partial charge in [0, 0.05) is 6.42 Å². The van der Waals surface area contributed by atoms with E-state index in [2.05, 4.69) is 5.32 Å². The first-order chi connectivity index (χ1) is 6.94. The molecule has 84 valence electrons. The summed E-state index contributed by atoms with van der Waals surface area (Å²) >= 11 is 0. The molecule has 0 aromatic carbocycles. The number of carbonyl (C=O) groups excluding carboxylic acids is 1. The van der Waals surface area contributed by atoms with Crippen molar-refractivity contribution in [2.45, 2.75) is 51.0 Å². The summed E-state index contributed by atoms with van der Waals surface area (Å²) in [6.07, 6.45) is 4.73. The average molecular weight is 211 g/mol. The van der Waals surface area contributed by atoms with E-state index in [0.717, 1.165) is 6.42 Å². The van der Waals surface area contributed by atoms with Crippen LogP contribution in [0.1, 0.15) is 27.2 Å². The first kappa shape index (κ1) is 10.5. The highest BCUT2D eigenvalue weighted by Crippen LogP contribution is 2.28. The van der Waals surface area contributed by atoms with E-state index in [1.54, 1.807) is 0 Å². The largest absolute Gasteiger partial charge is 0.444 e. The van der Waals surface area contributed by atoms with Crippen molar-refractivity contribution in [3.05, 3.63) is 12.2 Å². The fraction of sp³-hybridized carbons (Fsp3) is 0.727. The maximum absolute atomic E-state index is 11.5. The van der Waals surface area contributed by atoms with Gasteiger partial charge in [0.2, 0.25) is 0 Å². The molecule has 0 spiro atoms. The van der Waals surface area contributed by atoms with E-state index in [9.17, 15) is 4.79 Å². The maximum atomic E-state index is 11.5. The Morgan fingerprint density at radius 3 is 2.67 bits per heavy atom. The molecule has 2 bridgehead atoms. The molecule has 2 aliphatic rings. The van der Waals surface area contributed by atoms with Gasteiger partial charge in [0.05, 0.1) is 18.2 Å². The second kappa shape index (κ2) is 3.52. The standard InChI is InChI=1S/C11H17NO3/c1-11(2,3)15-10(13)12-8-6-7-4-5-9(8)14-7/h4-5,7-9H,6H2,1-3H3,(H,12,13)/t7-,8+,9+/m0/s1. The molecule has 1 N–H and O–H groups in total. The van der Waals surface area contributed by atoms with E-state index in [4.69, 9.17) is 9.47 Å². The molecule has 0 aliphatic carbocycles. The molecule has 0 unspecified atom stereocenters. The molecular formula is C11H17NO3. The number of nitrogens with one attached hydrogen (secondary N) is 1. The number of hydrogen-bond donors (Lipinski definition) is 1. The molecule has 2 aliphatic heterocycles. The lowest BCUT2D eigenvalue weighted by molar-refractivity contribution is 0.0476. The summed E-state index contributed by atoms with van der Waals surface area (Å²) in [5.41, 5.74) is -0.446. The van der Waals surface area contributed by atoms with Gasteiger partial charge in [-0.1, -0.05) is 12.2 Å². The number of fused-ring (bicyclic) bond motifs is 2. The predicted molar refractivity (Wildman–Crippen MR) is 55.6 cm³/mol. The Morgan fingerprint density at radius 2 is 2.20 bits per heavy atom. The molecule has 1 fully saturated rings. The number of hydrogen-bond acceptors (Lipinski definition) is 3. The van der Waals surface area contributed by atoms with Crippen LogP contribution >= 0.6 is 0 Å². The van der Waals surface area contributed by atoms with Crippen LogP contribution in [0.15, 0.2) is 12.2 Å². The fourth-order valence-electron chi connectivity index (χ4n) is 1.87. The van der Waals surface area contributed by atoms with Crippen molar-refractivity contribution in [1.29, 1.82) is 0 Å². The zero-order valence-electron chi connectivity index (χ0n) is 9.32. The van der Waals surface area contributed by atoms with Crippen LogP contribution in [-0.4, -0.2) is 29.9 Å². The lowest BCUT2D eigenvalue weighted by Crippen LogP contribution is -2.43. The number of alkyl carbamates (subject to hydrolysis) is 1. The molecule has 0 saturated carbocycles. The Labute approximate surface area is 89.6 Å². The molecule has 0 aromatic heterocycles. The minimum Gasteiger partial charge on any atom is -0.444 e. The quantitative estimate of drug-likeness (QED) is 0.670. The molecule has 1 saturated heterocycles. The molecule has 4 heteroatoms. The highest BCUT2D eigenvalue weighted by atomic mass is 16.6. The van der Waals surface area contributed by atoms with Crippen LogP contribution in [0.5, 0.6) is 0 Å². The van der Waals surface area contributed by atoms with Crippen molar-refractivity contribution in [1.82, 2.24) is 5.32 Å². The van der Waals surface area contributed by atoms with E-state index < -0.39 is 5.60 Å². The summed E-state index contributed by atoms with van der Waals surface area (Å²) in [5.74, 6) is 0. The van der Waals surface area contributed by atoms with Gasteiger partial charge in [-0.2, -0.15) is 0 Å². The number of amides is 1. The monoisotopic (exact) mass is 211 g/mol. The molecular weight excluding hydrogens is 194 g/mol. The van der Waals surface area contributed by atoms with Crippen molar-refractivity contribution in [3.8, 4) is 0 Å². The van der Waals surface area contributed by atoms with Crippen LogP contribution in [0.3, 0.4) is 0 Å². The maximum Gasteiger partial charge on any atom is 0.407 e. The summed E-state index contributed by atoms with van der Waals surface area (Å²) in [6.45, 7) is 5.55. The highest BCUT2D eigenvalue weighted by molar-refractivity contribution is 5.68. The van der Waals surface area contributed by atoms with E-state index in [1.807, 2.05) is 32.9 Å². The Balaban J connectivity index is 1.83. The van der Waals surface area contributed by atoms with Gasteiger partial charge in [0.25, 0.3) is 0 Å². The van der Waals surface area contributed by atoms with E-state index >= 15 is 0 Å². The molecule has 0 aromatic rings. The first-order valence-corrected chi connectivity index (χ1v) is 5.27. The molecule has 2 rings (SSSR count). The van der Waals surface area contributed by atoms with Crippen LogP contribution in [0.4, 0.5) is 4.79 Å². The normalized spacial score (nSPS) is 33.1. The van der Waals surface area contributed by atoms with Crippen molar-refractivity contribution < 1.29 is 14.3 Å². The molecule has 2 heterocycles. The van der Waals surface area contributed by atoms with Crippen LogP contribution in [0, 0.1) is 0 Å². The zero-order valence-corrected chi connectivity index (χ0v) is 9.32. The lowest BCUT2D eigenvalue weighted by Gasteiger charge is -2.23. The summed E-state index contributed by atoms with van der Waals surface area (Å²) in [5, 5.41) is 2.83. The molecule has 0 radical (unpaired) electrons. The predicted octanol–water partition coefficient (Wildman–Crippen LogP) is 1.61. The van der Waals surface area contributed by atoms with Crippen molar-refractivity contribution in [2.24, 2.45) is 0 Å². The lowest BCUT2D eigenvalue weighted by atomic mass is 10.0. The average Bonchev–Trinajstić information content (AvgIpc) is 2.60. The molecule has 15 heavy (non-hydrogen) atoms. The van der Waals surface area contributed by atoms with Gasteiger partial charge < -0.3 is 14.8 Å². The second-order valence-electron chi connectivity index (χ2n) is 5.01. The van der Waals surface area contributed by atoms with Crippen molar-refractivity contribution >= 4 is 6.09 Å². The molecule has 3 atom stereocenters. The Morgan fingerprint density at radius 1 is 1.47 bits per heavy atom. The number of carbonyl (C=O) groups is 1. The Hall–Kier alpha value is -1.03. The van der Waals surface area contributed by atoms with E-state index in [1.165, 1.54) is 0 Å². The van der Waals surface area contributed by atoms with Gasteiger partial charge in [0.1, 0.15) is 5.60 Å². The van der Waals surface area contributed by atoms with E-state index in [0.29, 0.717) is 0 Å². The minimum absolute atomic E-state index is 0.0301. The number of rotatable bonds is 1. The van der Waals surface area contributed by atoms with Gasteiger partial charge in [-0.3, -0.25) is 0 Å². The summed E-state index contributed by atoms with van der Waals surface area (Å²) < 4.78 is 10.7. The van der Waals surface area contributed by atoms with E-state index in [-0.39, 0.29) is 24.3 Å². The van der Waals surface area contributed by atoms with Crippen LogP contribution in [0.2, 0.25) is 0 Å². The zero-order chi connectivity index (χ0) is 11.1. The van der Waals surface area contributed by atoms with Crippen molar-refractivity contribution in [2.75, 3.05) is 0 Å². The van der Waals surface area contributed by atoms with Gasteiger partial charge in [0.15, 0.2) is 0 Å². The molecule has 1 amide bonds. The third kappa shape index (κ3) is 2.50. The summed E-state index contributed by atoms with van der Waals surface area (Å²) in [7, 11) is 0. The SMILES string of the molecule is CC(C)(C)OC(=O)N[C@@H]1C[C@@H]2C=C[C@H]1O2. The van der Waals surface area contributed by atoms with Gasteiger partial charge in [-0.05, 0) is 20.8 Å². The third-order valence-electron chi connectivity index (χ3n) is 2.43. The third-order valence-corrected chi connectivity index (χ3v) is 2.43. The van der Waals surface area contributed by atoms with Crippen LogP contribution < -0.4 is 5.32 Å². The van der Waals surface area contributed by atoms with Gasteiger partial charge in [-0.25, -0.2) is 4.79 Å². The minimum atomic E-state index is -0.446. The molecule has 4 nitrogen and oxygen atoms in total. The van der Waals surface area contributed by atoms with Crippen molar-refractivity contribution in [3.63, 3.8) is 0 Å². The summed E-state index contributed by atoms with van der Waals surface area (Å²) in [4.78, 5) is 11.5. The van der Waals surface area contributed by atoms with Crippen LogP contribution in [0.25, 0.3) is 0 Å².